The average molecular weight is 411 g/mol. The quantitative estimate of drug-likeness (QED) is 0.431. The van der Waals surface area contributed by atoms with Crippen molar-refractivity contribution in [3.63, 3.8) is 0 Å². The molecule has 3 rings (SSSR count). The number of benzene rings is 2. The number of allylic oxidation sites excluding steroid dienone is 1. The van der Waals surface area contributed by atoms with Crippen LogP contribution in [0, 0.1) is 0 Å². The van der Waals surface area contributed by atoms with E-state index in [4.69, 9.17) is 16.6 Å². The van der Waals surface area contributed by atoms with Gasteiger partial charge in [-0.2, -0.15) is 0 Å². The summed E-state index contributed by atoms with van der Waals surface area (Å²) in [6.07, 6.45) is 4.85. The van der Waals surface area contributed by atoms with Crippen LogP contribution < -0.4 is 11.1 Å². The second-order valence-electron chi connectivity index (χ2n) is 6.97. The second-order valence-corrected chi connectivity index (χ2v) is 7.40. The van der Waals surface area contributed by atoms with E-state index < -0.39 is 0 Å². The molecule has 29 heavy (non-hydrogen) atoms. The number of unbranched alkanes of at least 4 members (excludes halogenated alkanes) is 2. The molecule has 0 bridgehead atoms. The zero-order valence-electron chi connectivity index (χ0n) is 17.4. The van der Waals surface area contributed by atoms with Crippen molar-refractivity contribution in [2.45, 2.75) is 46.2 Å². The van der Waals surface area contributed by atoms with E-state index in [-0.39, 0.29) is 0 Å². The van der Waals surface area contributed by atoms with Crippen molar-refractivity contribution in [1.29, 1.82) is 0 Å². The molecule has 0 unspecified atom stereocenters. The molecule has 0 aliphatic rings. The summed E-state index contributed by atoms with van der Waals surface area (Å²) >= 11 is 6.03. The highest BCUT2D eigenvalue weighted by Gasteiger charge is 2.12. The number of imidazole rings is 1. The van der Waals surface area contributed by atoms with Gasteiger partial charge in [0.1, 0.15) is 5.82 Å². The summed E-state index contributed by atoms with van der Waals surface area (Å²) in [5.74, 6) is 1.06. The van der Waals surface area contributed by atoms with Crippen LogP contribution in [0.15, 0.2) is 67.5 Å². The van der Waals surface area contributed by atoms with E-state index in [0.717, 1.165) is 35.0 Å². The topological polar surface area (TPSA) is 55.9 Å². The number of aromatic nitrogens is 2. The van der Waals surface area contributed by atoms with Crippen molar-refractivity contribution in [3.05, 3.63) is 78.4 Å². The Morgan fingerprint density at radius 3 is 2.45 bits per heavy atom. The third kappa shape index (κ3) is 6.40. The van der Waals surface area contributed by atoms with E-state index in [1.54, 1.807) is 0 Å². The van der Waals surface area contributed by atoms with E-state index in [0.29, 0.717) is 6.54 Å². The molecular formula is C24H31ClN4. The predicted molar refractivity (Wildman–Crippen MR) is 126 cm³/mol. The lowest BCUT2D eigenvalue weighted by atomic mass is 10.1. The summed E-state index contributed by atoms with van der Waals surface area (Å²) in [5.41, 5.74) is 10.1. The van der Waals surface area contributed by atoms with E-state index >= 15 is 0 Å². The molecule has 3 aromatic rings. The Labute approximate surface area is 179 Å². The smallest absolute Gasteiger partial charge is 0.129 e. The van der Waals surface area contributed by atoms with Crippen LogP contribution in [-0.2, 0) is 13.1 Å². The molecule has 0 radical (unpaired) electrons. The number of nitrogens with two attached hydrogens (primary N) is 1. The third-order valence-corrected chi connectivity index (χ3v) is 4.79. The highest BCUT2D eigenvalue weighted by molar-refractivity contribution is 6.30. The normalized spacial score (nSPS) is 10.3. The Kier molecular flexibility index (Phi) is 8.81. The zero-order chi connectivity index (χ0) is 21.2. The number of hydrogen-bond acceptors (Lipinski definition) is 3. The van der Waals surface area contributed by atoms with Crippen molar-refractivity contribution >= 4 is 22.6 Å². The Balaban J connectivity index is 0.000000941. The first kappa shape index (κ1) is 22.6. The van der Waals surface area contributed by atoms with Crippen molar-refractivity contribution in [2.75, 3.05) is 0 Å². The number of fused-ring (bicyclic) bond motifs is 1. The Morgan fingerprint density at radius 2 is 1.83 bits per heavy atom. The monoisotopic (exact) mass is 410 g/mol. The maximum absolute atomic E-state index is 6.03. The van der Waals surface area contributed by atoms with Crippen LogP contribution in [0.2, 0.25) is 5.02 Å². The first-order valence-corrected chi connectivity index (χ1v) is 10.3. The molecule has 0 fully saturated rings. The van der Waals surface area contributed by atoms with Crippen LogP contribution in [0.25, 0.3) is 22.2 Å². The molecule has 3 N–H and O–H groups in total. The lowest BCUT2D eigenvalue weighted by molar-refractivity contribution is 0.581. The van der Waals surface area contributed by atoms with Crippen molar-refractivity contribution < 1.29 is 0 Å². The van der Waals surface area contributed by atoms with Gasteiger partial charge >= 0.3 is 0 Å². The maximum atomic E-state index is 6.03. The Hall–Kier alpha value is -2.72. The molecule has 0 amide bonds. The molecule has 1 aromatic heterocycles. The first-order chi connectivity index (χ1) is 14.0. The van der Waals surface area contributed by atoms with Gasteiger partial charge < -0.3 is 15.6 Å². The van der Waals surface area contributed by atoms with E-state index in [1.807, 2.05) is 19.1 Å². The van der Waals surface area contributed by atoms with Gasteiger partial charge in [0.15, 0.2) is 0 Å². The Morgan fingerprint density at radius 1 is 1.17 bits per heavy atom. The highest BCUT2D eigenvalue weighted by Crippen LogP contribution is 2.27. The summed E-state index contributed by atoms with van der Waals surface area (Å²) in [4.78, 5) is 4.85. The number of halogens is 1. The number of nitrogens with zero attached hydrogens (tertiary/aromatic N) is 2. The number of rotatable bonds is 8. The molecule has 0 atom stereocenters. The van der Waals surface area contributed by atoms with Crippen LogP contribution >= 0.6 is 11.6 Å². The zero-order valence-corrected chi connectivity index (χ0v) is 18.2. The summed E-state index contributed by atoms with van der Waals surface area (Å²) in [6.45, 7) is 13.0. The minimum absolute atomic E-state index is 0.701. The molecule has 2 aromatic carbocycles. The van der Waals surface area contributed by atoms with Gasteiger partial charge in [0.05, 0.1) is 17.6 Å². The van der Waals surface area contributed by atoms with Crippen molar-refractivity contribution in [1.82, 2.24) is 14.9 Å². The van der Waals surface area contributed by atoms with Crippen LogP contribution in [0.4, 0.5) is 0 Å². The van der Waals surface area contributed by atoms with E-state index in [2.05, 4.69) is 66.0 Å². The molecular weight excluding hydrogens is 380 g/mol. The molecule has 0 aliphatic carbocycles. The fourth-order valence-corrected chi connectivity index (χ4v) is 3.25. The molecule has 0 aliphatic heterocycles. The van der Waals surface area contributed by atoms with Crippen LogP contribution in [-0.4, -0.2) is 9.55 Å². The summed E-state index contributed by atoms with van der Waals surface area (Å²) < 4.78 is 2.35. The second kappa shape index (κ2) is 11.3. The Bertz CT molecular complexity index is 941. The van der Waals surface area contributed by atoms with Gasteiger partial charge in [0, 0.05) is 17.3 Å². The molecule has 0 saturated carbocycles. The van der Waals surface area contributed by atoms with Gasteiger partial charge in [0.25, 0.3) is 0 Å². The number of hydrogen-bond donors (Lipinski definition) is 2. The predicted octanol–water partition coefficient (Wildman–Crippen LogP) is 6.26. The van der Waals surface area contributed by atoms with Crippen LogP contribution in [0.1, 0.15) is 38.9 Å². The molecule has 4 nitrogen and oxygen atoms in total. The SMILES string of the molecule is C=C(C)NCc1nc2ccc(-c3ccc(Cl)cc3)cc2n1CCCCC.C=CN. The number of aryl methyl sites for hydroxylation is 1. The standard InChI is InChI=1S/C22H26ClN3.C2H5N/c1-4-5-6-13-26-21-14-18(17-7-10-19(23)11-8-17)9-12-20(21)25-22(26)15-24-16(2)3;1-2-3/h7-12,14,24H,2,4-6,13,15H2,1,3H3;2H,1,3H2. The lowest BCUT2D eigenvalue weighted by Crippen LogP contribution is -2.15. The van der Waals surface area contributed by atoms with Gasteiger partial charge in [-0.1, -0.05) is 62.7 Å². The molecule has 1 heterocycles. The molecule has 0 spiro atoms. The van der Waals surface area contributed by atoms with Gasteiger partial charge in [-0.15, -0.1) is 0 Å². The first-order valence-electron chi connectivity index (χ1n) is 9.97. The van der Waals surface area contributed by atoms with Gasteiger partial charge in [-0.25, -0.2) is 4.98 Å². The molecule has 154 valence electrons. The summed E-state index contributed by atoms with van der Waals surface area (Å²) in [6, 6.07) is 14.5. The van der Waals surface area contributed by atoms with Gasteiger partial charge in [-0.3, -0.25) is 0 Å². The summed E-state index contributed by atoms with van der Waals surface area (Å²) in [5, 5.41) is 4.07. The molecule has 0 saturated heterocycles. The van der Waals surface area contributed by atoms with Crippen molar-refractivity contribution in [2.24, 2.45) is 5.73 Å². The maximum Gasteiger partial charge on any atom is 0.129 e. The van der Waals surface area contributed by atoms with Gasteiger partial charge in [0.2, 0.25) is 0 Å². The minimum atomic E-state index is 0.701. The van der Waals surface area contributed by atoms with Crippen LogP contribution in [0.3, 0.4) is 0 Å². The minimum Gasteiger partial charge on any atom is -0.405 e. The summed E-state index contributed by atoms with van der Waals surface area (Å²) in [7, 11) is 0. The average Bonchev–Trinajstić information content (AvgIpc) is 3.05. The third-order valence-electron chi connectivity index (χ3n) is 4.54. The molecule has 5 heteroatoms. The number of nitrogens with one attached hydrogen (secondary N) is 1. The largest absolute Gasteiger partial charge is 0.405 e. The van der Waals surface area contributed by atoms with Crippen LogP contribution in [0.5, 0.6) is 0 Å². The van der Waals surface area contributed by atoms with Crippen molar-refractivity contribution in [3.8, 4) is 11.1 Å². The van der Waals surface area contributed by atoms with E-state index in [1.165, 1.54) is 35.7 Å². The highest BCUT2D eigenvalue weighted by atomic mass is 35.5. The van der Waals surface area contributed by atoms with E-state index in [9.17, 15) is 0 Å². The fraction of sp³-hybridized carbons (Fsp3) is 0.292. The fourth-order valence-electron chi connectivity index (χ4n) is 3.13. The van der Waals surface area contributed by atoms with Gasteiger partial charge in [-0.05, 0) is 54.9 Å². The lowest BCUT2D eigenvalue weighted by Gasteiger charge is -2.11.